The number of rotatable bonds is 6. The van der Waals surface area contributed by atoms with Crippen LogP contribution in [0, 0.1) is 5.82 Å². The number of carbonyl (C=O) groups excluding carboxylic acids is 1. The van der Waals surface area contributed by atoms with Gasteiger partial charge in [0.1, 0.15) is 17.0 Å². The second-order valence-corrected chi connectivity index (χ2v) is 7.51. The highest BCUT2D eigenvalue weighted by atomic mass is 32.2. The highest BCUT2D eigenvalue weighted by Gasteiger charge is 2.31. The highest BCUT2D eigenvalue weighted by Crippen LogP contribution is 2.24. The molecule has 0 unspecified atom stereocenters. The van der Waals surface area contributed by atoms with Gasteiger partial charge in [0.05, 0.1) is 17.6 Å². The minimum atomic E-state index is -4.81. The second-order valence-electron chi connectivity index (χ2n) is 6.55. The van der Waals surface area contributed by atoms with Crippen molar-refractivity contribution < 1.29 is 27.1 Å². The summed E-state index contributed by atoms with van der Waals surface area (Å²) < 4.78 is 55.0. The van der Waals surface area contributed by atoms with Gasteiger partial charge in [0.15, 0.2) is 10.8 Å². The van der Waals surface area contributed by atoms with Gasteiger partial charge in [-0.2, -0.15) is 5.10 Å². The van der Waals surface area contributed by atoms with E-state index in [0.717, 1.165) is 23.9 Å². The number of alkyl halides is 3. The minimum Gasteiger partial charge on any atom is -0.406 e. The van der Waals surface area contributed by atoms with Gasteiger partial charge < -0.3 is 15.0 Å². The van der Waals surface area contributed by atoms with Gasteiger partial charge in [0, 0.05) is 5.69 Å². The van der Waals surface area contributed by atoms with Gasteiger partial charge >= 0.3 is 6.36 Å². The molecular formula is C20H13F4N5O3S. The Bertz CT molecular complexity index is 1350. The maximum Gasteiger partial charge on any atom is 0.573 e. The first-order valence-corrected chi connectivity index (χ1v) is 10.2. The van der Waals surface area contributed by atoms with Crippen LogP contribution in [-0.4, -0.2) is 37.8 Å². The van der Waals surface area contributed by atoms with E-state index in [4.69, 9.17) is 0 Å². The first kappa shape index (κ1) is 22.3. The Hall–Kier alpha value is -3.87. The van der Waals surface area contributed by atoms with Crippen molar-refractivity contribution in [2.75, 3.05) is 11.1 Å². The minimum absolute atomic E-state index is 0.139. The van der Waals surface area contributed by atoms with Gasteiger partial charge in [-0.1, -0.05) is 11.8 Å². The number of nitrogens with zero attached hydrogens (tertiary/aromatic N) is 3. The van der Waals surface area contributed by atoms with Crippen LogP contribution in [0.25, 0.3) is 16.7 Å². The van der Waals surface area contributed by atoms with E-state index in [9.17, 15) is 27.2 Å². The number of carbonyl (C=O) groups is 1. The summed E-state index contributed by atoms with van der Waals surface area (Å²) >= 11 is 0.944. The third-order valence-corrected chi connectivity index (χ3v) is 5.07. The molecule has 0 aliphatic rings. The van der Waals surface area contributed by atoms with Crippen LogP contribution in [0.15, 0.2) is 64.7 Å². The van der Waals surface area contributed by atoms with Crippen LogP contribution >= 0.6 is 11.8 Å². The summed E-state index contributed by atoms with van der Waals surface area (Å²) in [7, 11) is 0. The van der Waals surface area contributed by atoms with Crippen molar-refractivity contribution in [3.8, 4) is 11.4 Å². The summed E-state index contributed by atoms with van der Waals surface area (Å²) in [5.41, 5.74) is 0.530. The number of nitrogens with one attached hydrogen (secondary N) is 2. The third kappa shape index (κ3) is 5.49. The summed E-state index contributed by atoms with van der Waals surface area (Å²) in [4.78, 5) is 31.4. The van der Waals surface area contributed by atoms with Crippen LogP contribution in [-0.2, 0) is 4.79 Å². The van der Waals surface area contributed by atoms with Crippen LogP contribution < -0.4 is 15.6 Å². The molecular weight excluding hydrogens is 466 g/mol. The normalized spacial score (nSPS) is 11.5. The molecule has 0 radical (unpaired) electrons. The molecule has 4 aromatic rings. The maximum absolute atomic E-state index is 13.2. The van der Waals surface area contributed by atoms with E-state index in [2.05, 4.69) is 25.1 Å². The van der Waals surface area contributed by atoms with Gasteiger partial charge in [-0.25, -0.2) is 14.1 Å². The van der Waals surface area contributed by atoms with Gasteiger partial charge in [0.25, 0.3) is 5.56 Å². The monoisotopic (exact) mass is 479 g/mol. The van der Waals surface area contributed by atoms with Crippen molar-refractivity contribution in [3.63, 3.8) is 0 Å². The average molecular weight is 479 g/mol. The molecule has 33 heavy (non-hydrogen) atoms. The molecule has 2 aromatic heterocycles. The van der Waals surface area contributed by atoms with Crippen LogP contribution in [0.4, 0.5) is 23.2 Å². The number of hydrogen-bond acceptors (Lipinski definition) is 6. The zero-order chi connectivity index (χ0) is 23.6. The van der Waals surface area contributed by atoms with Gasteiger partial charge in [0.2, 0.25) is 5.91 Å². The van der Waals surface area contributed by atoms with Crippen LogP contribution in [0.2, 0.25) is 0 Å². The largest absolute Gasteiger partial charge is 0.573 e. The lowest BCUT2D eigenvalue weighted by Gasteiger charge is -2.10. The number of aromatic nitrogens is 4. The van der Waals surface area contributed by atoms with E-state index in [1.54, 1.807) is 0 Å². The first-order chi connectivity index (χ1) is 15.7. The summed E-state index contributed by atoms with van der Waals surface area (Å²) in [6, 6.07) is 10.1. The molecule has 170 valence electrons. The number of halogens is 4. The van der Waals surface area contributed by atoms with E-state index < -0.39 is 29.4 Å². The van der Waals surface area contributed by atoms with Gasteiger partial charge in [-0.05, 0) is 48.5 Å². The number of aromatic amines is 1. The fourth-order valence-corrected chi connectivity index (χ4v) is 3.46. The molecule has 0 fully saturated rings. The Morgan fingerprint density at radius 3 is 2.48 bits per heavy atom. The van der Waals surface area contributed by atoms with Crippen molar-refractivity contribution in [3.05, 3.63) is 70.9 Å². The summed E-state index contributed by atoms with van der Waals surface area (Å²) in [5.74, 6) is -1.45. The Labute approximate surface area is 186 Å². The maximum atomic E-state index is 13.2. The molecule has 0 spiro atoms. The molecule has 2 N–H and O–H groups in total. The fourth-order valence-electron chi connectivity index (χ4n) is 2.81. The van der Waals surface area contributed by atoms with E-state index in [-0.39, 0.29) is 27.6 Å². The number of H-pyrrole nitrogens is 1. The standard InChI is InChI=1S/C20H13F4N5O3S/c21-11-1-5-13(6-2-11)29-17-15(9-25-29)18(31)28-19(27-17)33-10-16(30)26-12-3-7-14(8-4-12)32-20(22,23)24/h1-9H,10H2,(H,26,30)(H,27,28,31). The first-order valence-electron chi connectivity index (χ1n) is 9.20. The molecule has 0 saturated heterocycles. The van der Waals surface area contributed by atoms with Crippen LogP contribution in [0.1, 0.15) is 0 Å². The SMILES string of the molecule is O=C(CSc1nc2c(cnn2-c2ccc(F)cc2)c(=O)[nH]1)Nc1ccc(OC(F)(F)F)cc1. The predicted molar refractivity (Wildman–Crippen MR) is 112 cm³/mol. The Kier molecular flexibility index (Phi) is 6.05. The van der Waals surface area contributed by atoms with E-state index in [1.165, 1.54) is 47.3 Å². The number of hydrogen-bond donors (Lipinski definition) is 2. The van der Waals surface area contributed by atoms with Gasteiger partial charge in [-0.15, -0.1) is 13.2 Å². The summed E-state index contributed by atoms with van der Waals surface area (Å²) in [5, 5.41) is 7.01. The molecule has 4 rings (SSSR count). The Morgan fingerprint density at radius 1 is 1.12 bits per heavy atom. The highest BCUT2D eigenvalue weighted by molar-refractivity contribution is 7.99. The van der Waals surface area contributed by atoms with Gasteiger partial charge in [-0.3, -0.25) is 9.59 Å². The van der Waals surface area contributed by atoms with Crippen molar-refractivity contribution in [1.29, 1.82) is 0 Å². The van der Waals surface area contributed by atoms with Crippen LogP contribution in [0.3, 0.4) is 0 Å². The van der Waals surface area contributed by atoms with Crippen molar-refractivity contribution in [1.82, 2.24) is 19.7 Å². The number of benzene rings is 2. The summed E-state index contributed by atoms with van der Waals surface area (Å²) in [6.07, 6.45) is -3.48. The number of amides is 1. The van der Waals surface area contributed by atoms with E-state index in [0.29, 0.717) is 5.69 Å². The third-order valence-electron chi connectivity index (χ3n) is 4.20. The number of ether oxygens (including phenoxy) is 1. The molecule has 0 bridgehead atoms. The molecule has 1 amide bonds. The summed E-state index contributed by atoms with van der Waals surface area (Å²) in [6.45, 7) is 0. The smallest absolute Gasteiger partial charge is 0.406 e. The zero-order valence-corrected chi connectivity index (χ0v) is 17.2. The Morgan fingerprint density at radius 2 is 1.82 bits per heavy atom. The molecule has 8 nitrogen and oxygen atoms in total. The molecule has 13 heteroatoms. The van der Waals surface area contributed by atoms with Crippen molar-refractivity contribution in [2.24, 2.45) is 0 Å². The van der Waals surface area contributed by atoms with Crippen molar-refractivity contribution >= 4 is 34.4 Å². The molecule has 0 atom stereocenters. The lowest BCUT2D eigenvalue weighted by Crippen LogP contribution is -2.17. The Balaban J connectivity index is 1.44. The topological polar surface area (TPSA) is 102 Å². The lowest BCUT2D eigenvalue weighted by atomic mass is 10.3. The predicted octanol–water partition coefficient (Wildman–Crippen LogP) is 3.88. The van der Waals surface area contributed by atoms with E-state index in [1.807, 2.05) is 0 Å². The number of thioether (sulfide) groups is 1. The average Bonchev–Trinajstić information content (AvgIpc) is 3.18. The number of anilines is 1. The molecule has 0 saturated carbocycles. The molecule has 2 aromatic carbocycles. The fraction of sp³-hybridized carbons (Fsp3) is 0.100. The molecule has 0 aliphatic carbocycles. The second kappa shape index (κ2) is 8.94. The molecule has 2 heterocycles. The van der Waals surface area contributed by atoms with Crippen molar-refractivity contribution in [2.45, 2.75) is 11.5 Å². The van der Waals surface area contributed by atoms with E-state index >= 15 is 0 Å². The molecule has 0 aliphatic heterocycles. The lowest BCUT2D eigenvalue weighted by molar-refractivity contribution is -0.274. The van der Waals surface area contributed by atoms with Crippen LogP contribution in [0.5, 0.6) is 5.75 Å². The quantitative estimate of drug-likeness (QED) is 0.247. The zero-order valence-electron chi connectivity index (χ0n) is 16.4. The number of fused-ring (bicyclic) bond motifs is 1.